The molecule has 22 heavy (non-hydrogen) atoms. The van der Waals surface area contributed by atoms with E-state index >= 15 is 0 Å². The van der Waals surface area contributed by atoms with E-state index in [1.165, 1.54) is 0 Å². The molecule has 0 aromatic carbocycles. The molecule has 1 rings (SSSR count). The van der Waals surface area contributed by atoms with Crippen LogP contribution < -0.4 is 0 Å². The van der Waals surface area contributed by atoms with E-state index in [2.05, 4.69) is 19.2 Å². The second-order valence-electron chi connectivity index (χ2n) is 6.01. The summed E-state index contributed by atoms with van der Waals surface area (Å²) in [4.78, 5) is 13.9. The van der Waals surface area contributed by atoms with Gasteiger partial charge in [-0.05, 0) is 31.6 Å². The molecule has 1 heterocycles. The standard InChI is InChI=1S/C17H26N2O.C2H6/c1-5-9-17(13-18,10-6-2)15-7-11-19(12-8-15)16(20)14(3)4;1-2/h5-6,14-15H,1-2,7-12H2,3-4H3;1-2H3. The molecule has 1 saturated heterocycles. The van der Waals surface area contributed by atoms with Crippen LogP contribution in [0.4, 0.5) is 0 Å². The van der Waals surface area contributed by atoms with Crippen LogP contribution in [0.15, 0.2) is 25.3 Å². The zero-order valence-corrected chi connectivity index (χ0v) is 14.8. The summed E-state index contributed by atoms with van der Waals surface area (Å²) in [5.41, 5.74) is -0.392. The van der Waals surface area contributed by atoms with E-state index < -0.39 is 5.41 Å². The Morgan fingerprint density at radius 1 is 1.27 bits per heavy atom. The first-order valence-electron chi connectivity index (χ1n) is 8.42. The molecule has 0 radical (unpaired) electrons. The van der Waals surface area contributed by atoms with E-state index in [0.29, 0.717) is 18.8 Å². The average Bonchev–Trinajstić information content (AvgIpc) is 2.55. The molecule has 3 heteroatoms. The number of amides is 1. The number of hydrogen-bond donors (Lipinski definition) is 0. The molecule has 0 aromatic heterocycles. The lowest BCUT2D eigenvalue weighted by Gasteiger charge is -2.40. The van der Waals surface area contributed by atoms with Gasteiger partial charge in [-0.15, -0.1) is 13.2 Å². The Kier molecular flexibility index (Phi) is 9.49. The molecule has 0 spiro atoms. The molecule has 1 fully saturated rings. The lowest BCUT2D eigenvalue weighted by atomic mass is 9.68. The Balaban J connectivity index is 0.00000211. The minimum Gasteiger partial charge on any atom is -0.342 e. The summed E-state index contributed by atoms with van der Waals surface area (Å²) in [7, 11) is 0. The van der Waals surface area contributed by atoms with E-state index in [-0.39, 0.29) is 11.8 Å². The van der Waals surface area contributed by atoms with Crippen molar-refractivity contribution in [1.82, 2.24) is 4.90 Å². The van der Waals surface area contributed by atoms with Crippen LogP contribution in [-0.4, -0.2) is 23.9 Å². The first-order valence-corrected chi connectivity index (χ1v) is 8.42. The summed E-state index contributed by atoms with van der Waals surface area (Å²) in [6.07, 6.45) is 6.84. The second-order valence-corrected chi connectivity index (χ2v) is 6.01. The maximum atomic E-state index is 12.0. The number of nitrogens with zero attached hydrogens (tertiary/aromatic N) is 2. The van der Waals surface area contributed by atoms with Crippen molar-refractivity contribution in [2.75, 3.05) is 13.1 Å². The van der Waals surface area contributed by atoms with Gasteiger partial charge in [-0.1, -0.05) is 39.8 Å². The van der Waals surface area contributed by atoms with Gasteiger partial charge < -0.3 is 4.90 Å². The fourth-order valence-electron chi connectivity index (χ4n) is 3.13. The van der Waals surface area contributed by atoms with Crippen LogP contribution in [0.3, 0.4) is 0 Å². The fraction of sp³-hybridized carbons (Fsp3) is 0.684. The molecule has 3 nitrogen and oxygen atoms in total. The van der Waals surface area contributed by atoms with Gasteiger partial charge in [0.1, 0.15) is 0 Å². The van der Waals surface area contributed by atoms with Gasteiger partial charge in [0.2, 0.25) is 5.91 Å². The summed E-state index contributed by atoms with van der Waals surface area (Å²) in [6.45, 7) is 17.0. The maximum absolute atomic E-state index is 12.0. The normalized spacial score (nSPS) is 15.5. The zero-order valence-electron chi connectivity index (χ0n) is 14.8. The highest BCUT2D eigenvalue weighted by Crippen LogP contribution is 2.41. The van der Waals surface area contributed by atoms with E-state index in [1.807, 2.05) is 44.7 Å². The predicted octanol–water partition coefficient (Wildman–Crippen LogP) is 4.57. The number of carbonyl (C=O) groups is 1. The second kappa shape index (κ2) is 10.2. The Bertz CT molecular complexity index is 388. The monoisotopic (exact) mass is 304 g/mol. The van der Waals surface area contributed by atoms with E-state index in [0.717, 1.165) is 25.9 Å². The van der Waals surface area contributed by atoms with Gasteiger partial charge in [0.05, 0.1) is 11.5 Å². The Morgan fingerprint density at radius 3 is 2.05 bits per heavy atom. The van der Waals surface area contributed by atoms with Crippen LogP contribution in [0.5, 0.6) is 0 Å². The minimum absolute atomic E-state index is 0.0497. The Labute approximate surface area is 136 Å². The third-order valence-electron chi connectivity index (χ3n) is 4.32. The largest absolute Gasteiger partial charge is 0.342 e. The minimum atomic E-state index is -0.392. The van der Waals surface area contributed by atoms with Crippen LogP contribution in [-0.2, 0) is 4.79 Å². The molecular weight excluding hydrogens is 272 g/mol. The summed E-state index contributed by atoms with van der Waals surface area (Å²) < 4.78 is 0. The van der Waals surface area contributed by atoms with Crippen LogP contribution in [0.1, 0.15) is 53.4 Å². The number of carbonyl (C=O) groups excluding carboxylic acids is 1. The van der Waals surface area contributed by atoms with E-state index in [4.69, 9.17) is 0 Å². The SMILES string of the molecule is C=CCC(C#N)(CC=C)C1CCN(C(=O)C(C)C)CC1.CC. The summed E-state index contributed by atoms with van der Waals surface area (Å²) in [5.74, 6) is 0.590. The summed E-state index contributed by atoms with van der Waals surface area (Å²) in [5, 5.41) is 9.63. The van der Waals surface area contributed by atoms with Gasteiger partial charge in [0.25, 0.3) is 0 Å². The van der Waals surface area contributed by atoms with Gasteiger partial charge in [-0.25, -0.2) is 0 Å². The van der Waals surface area contributed by atoms with Gasteiger partial charge in [-0.3, -0.25) is 4.79 Å². The van der Waals surface area contributed by atoms with E-state index in [9.17, 15) is 10.1 Å². The first kappa shape index (κ1) is 20.4. The lowest BCUT2D eigenvalue weighted by Crippen LogP contribution is -2.44. The zero-order chi connectivity index (χ0) is 17.2. The van der Waals surface area contributed by atoms with Gasteiger partial charge in [0.15, 0.2) is 0 Å². The van der Waals surface area contributed by atoms with Crippen molar-refractivity contribution < 1.29 is 4.79 Å². The fourth-order valence-corrected chi connectivity index (χ4v) is 3.13. The molecule has 124 valence electrons. The number of hydrogen-bond acceptors (Lipinski definition) is 2. The van der Waals surface area contributed by atoms with Crippen molar-refractivity contribution in [3.8, 4) is 6.07 Å². The number of nitriles is 1. The third kappa shape index (κ3) is 5.02. The quantitative estimate of drug-likeness (QED) is 0.675. The van der Waals surface area contributed by atoms with Crippen molar-refractivity contribution in [3.63, 3.8) is 0 Å². The predicted molar refractivity (Wildman–Crippen MR) is 93.2 cm³/mol. The maximum Gasteiger partial charge on any atom is 0.225 e. The molecule has 0 aromatic rings. The van der Waals surface area contributed by atoms with Crippen molar-refractivity contribution in [3.05, 3.63) is 25.3 Å². The van der Waals surface area contributed by atoms with Crippen LogP contribution in [0.25, 0.3) is 0 Å². The molecule has 0 saturated carbocycles. The van der Waals surface area contributed by atoms with Gasteiger partial charge >= 0.3 is 0 Å². The first-order chi connectivity index (χ1) is 10.5. The van der Waals surface area contributed by atoms with Crippen molar-refractivity contribution >= 4 is 5.91 Å². The number of rotatable bonds is 6. The number of likely N-dealkylation sites (tertiary alicyclic amines) is 1. The highest BCUT2D eigenvalue weighted by atomic mass is 16.2. The van der Waals surface area contributed by atoms with Crippen LogP contribution >= 0.6 is 0 Å². The van der Waals surface area contributed by atoms with Crippen LogP contribution in [0.2, 0.25) is 0 Å². The molecule has 0 bridgehead atoms. The molecule has 0 atom stereocenters. The van der Waals surface area contributed by atoms with Gasteiger partial charge in [-0.2, -0.15) is 5.26 Å². The molecule has 0 N–H and O–H groups in total. The lowest BCUT2D eigenvalue weighted by molar-refractivity contribution is -0.136. The van der Waals surface area contributed by atoms with Gasteiger partial charge in [0, 0.05) is 19.0 Å². The van der Waals surface area contributed by atoms with Crippen molar-refractivity contribution in [1.29, 1.82) is 5.26 Å². The summed E-state index contributed by atoms with van der Waals surface area (Å²) in [6, 6.07) is 2.51. The number of piperidine rings is 1. The molecular formula is C19H32N2O. The molecule has 1 aliphatic heterocycles. The highest BCUT2D eigenvalue weighted by molar-refractivity contribution is 5.78. The summed E-state index contributed by atoms with van der Waals surface area (Å²) >= 11 is 0. The molecule has 1 amide bonds. The molecule has 0 unspecified atom stereocenters. The topological polar surface area (TPSA) is 44.1 Å². The van der Waals surface area contributed by atoms with Crippen LogP contribution in [0, 0.1) is 28.6 Å². The molecule has 0 aliphatic carbocycles. The van der Waals surface area contributed by atoms with Crippen molar-refractivity contribution in [2.45, 2.75) is 53.4 Å². The highest BCUT2D eigenvalue weighted by Gasteiger charge is 2.39. The average molecular weight is 304 g/mol. The Morgan fingerprint density at radius 2 is 1.73 bits per heavy atom. The van der Waals surface area contributed by atoms with Crippen molar-refractivity contribution in [2.24, 2.45) is 17.3 Å². The third-order valence-corrected chi connectivity index (χ3v) is 4.32. The molecule has 1 aliphatic rings. The number of allylic oxidation sites excluding steroid dienone is 2. The smallest absolute Gasteiger partial charge is 0.225 e. The Hall–Kier alpha value is -1.56. The van der Waals surface area contributed by atoms with E-state index in [1.54, 1.807) is 0 Å².